The molecule has 168 valence electrons. The molecule has 1 atom stereocenters. The molecule has 3 nitrogen and oxygen atoms in total. The number of benzene rings is 2. The van der Waals surface area contributed by atoms with Gasteiger partial charge in [0.1, 0.15) is 5.60 Å². The van der Waals surface area contributed by atoms with Crippen LogP contribution in [0.3, 0.4) is 0 Å². The lowest BCUT2D eigenvalue weighted by Crippen LogP contribution is -2.57. The van der Waals surface area contributed by atoms with E-state index in [-0.39, 0.29) is 0 Å². The smallest absolute Gasteiger partial charge is 0.376 e. The summed E-state index contributed by atoms with van der Waals surface area (Å²) in [5.74, 6) is 0. The van der Waals surface area contributed by atoms with Gasteiger partial charge in [-0.25, -0.2) is 0 Å². The van der Waals surface area contributed by atoms with Crippen molar-refractivity contribution in [2.45, 2.75) is 56.1 Å². The fourth-order valence-corrected chi connectivity index (χ4v) is 10.6. The van der Waals surface area contributed by atoms with Gasteiger partial charge in [-0.1, -0.05) is 85.7 Å². The molecule has 0 bridgehead atoms. The van der Waals surface area contributed by atoms with Gasteiger partial charge in [-0.2, -0.15) is 0 Å². The summed E-state index contributed by atoms with van der Waals surface area (Å²) >= 11 is 0. The van der Waals surface area contributed by atoms with Crippen molar-refractivity contribution in [2.75, 3.05) is 20.3 Å². The van der Waals surface area contributed by atoms with E-state index in [9.17, 15) is 0 Å². The fraction of sp³-hybridized carbons (Fsp3) is 0.429. The first kappa shape index (κ1) is 21.8. The Morgan fingerprint density at radius 3 is 2.19 bits per heavy atom. The third kappa shape index (κ3) is 3.84. The topological polar surface area (TPSA) is 27.7 Å². The average Bonchev–Trinajstić information content (AvgIpc) is 3.39. The Morgan fingerprint density at radius 2 is 1.56 bits per heavy atom. The summed E-state index contributed by atoms with van der Waals surface area (Å²) in [7, 11) is -0.944. The van der Waals surface area contributed by atoms with Gasteiger partial charge in [0.25, 0.3) is 0 Å². The van der Waals surface area contributed by atoms with E-state index in [2.05, 4.69) is 72.8 Å². The van der Waals surface area contributed by atoms with Crippen LogP contribution in [0.1, 0.15) is 56.1 Å². The molecule has 0 N–H and O–H groups in total. The Kier molecular flexibility index (Phi) is 6.47. The molecular formula is C28H34O3Si. The Hall–Kier alpha value is -1.98. The lowest BCUT2D eigenvalue weighted by molar-refractivity contribution is 0.0375. The lowest BCUT2D eigenvalue weighted by Gasteiger charge is -2.49. The molecule has 1 fully saturated rings. The summed E-state index contributed by atoms with van der Waals surface area (Å²) in [5.41, 5.74) is 3.73. The molecule has 2 aliphatic heterocycles. The Labute approximate surface area is 193 Å². The summed E-state index contributed by atoms with van der Waals surface area (Å²) < 4.78 is 20.2. The Bertz CT molecular complexity index is 923. The average molecular weight is 447 g/mol. The zero-order valence-corrected chi connectivity index (χ0v) is 20.1. The van der Waals surface area contributed by atoms with Gasteiger partial charge in [-0.3, -0.25) is 0 Å². The number of methoxy groups -OCH3 is 1. The normalized spacial score (nSPS) is 27.5. The van der Waals surface area contributed by atoms with Gasteiger partial charge in [0.15, 0.2) is 0 Å². The fourth-order valence-electron chi connectivity index (χ4n) is 5.95. The highest BCUT2D eigenvalue weighted by atomic mass is 28.4. The summed E-state index contributed by atoms with van der Waals surface area (Å²) in [6.07, 6.45) is 12.5. The second kappa shape index (κ2) is 9.48. The largest absolute Gasteiger partial charge is 0.390 e. The van der Waals surface area contributed by atoms with Gasteiger partial charge >= 0.3 is 8.56 Å². The molecule has 1 unspecified atom stereocenters. The number of hydrogen-bond donors (Lipinski definition) is 0. The highest BCUT2D eigenvalue weighted by molar-refractivity contribution is 6.77. The zero-order valence-electron chi connectivity index (χ0n) is 19.1. The number of ether oxygens (including phenoxy) is 1. The second-order valence-electron chi connectivity index (χ2n) is 9.27. The molecule has 1 saturated carbocycles. The predicted molar refractivity (Wildman–Crippen MR) is 131 cm³/mol. The van der Waals surface area contributed by atoms with Crippen LogP contribution in [0.2, 0.25) is 5.54 Å². The molecule has 2 heterocycles. The minimum Gasteiger partial charge on any atom is -0.390 e. The molecule has 0 amide bonds. The maximum atomic E-state index is 7.66. The Morgan fingerprint density at radius 1 is 0.906 bits per heavy atom. The van der Waals surface area contributed by atoms with Crippen LogP contribution in [-0.2, 0) is 19.2 Å². The van der Waals surface area contributed by atoms with Crippen molar-refractivity contribution in [2.24, 2.45) is 0 Å². The van der Waals surface area contributed by atoms with Crippen molar-refractivity contribution in [1.82, 2.24) is 0 Å². The number of fused-ring (bicyclic) bond motifs is 1. The number of hydrogen-bond acceptors (Lipinski definition) is 3. The first-order valence-electron chi connectivity index (χ1n) is 12.1. The SMILES string of the molecule is COC/C1=C/CCC(c2ccccc2)(c2ccccc2)O[Si]2(C3CCCC3)OCCC=C12. The van der Waals surface area contributed by atoms with Crippen LogP contribution in [0, 0.1) is 0 Å². The maximum absolute atomic E-state index is 7.66. The van der Waals surface area contributed by atoms with E-state index in [4.69, 9.17) is 13.6 Å². The van der Waals surface area contributed by atoms with Crippen LogP contribution in [0.25, 0.3) is 0 Å². The van der Waals surface area contributed by atoms with Gasteiger partial charge < -0.3 is 13.6 Å². The van der Waals surface area contributed by atoms with Gasteiger partial charge in [0.05, 0.1) is 6.61 Å². The summed E-state index contributed by atoms with van der Waals surface area (Å²) in [6.45, 7) is 1.38. The van der Waals surface area contributed by atoms with Crippen molar-refractivity contribution in [3.63, 3.8) is 0 Å². The van der Waals surface area contributed by atoms with Crippen molar-refractivity contribution in [1.29, 1.82) is 0 Å². The first-order chi connectivity index (χ1) is 15.8. The molecule has 5 rings (SSSR count). The molecule has 0 aromatic heterocycles. The third-order valence-corrected chi connectivity index (χ3v) is 11.6. The lowest BCUT2D eigenvalue weighted by atomic mass is 9.82. The van der Waals surface area contributed by atoms with E-state index in [0.717, 1.165) is 25.9 Å². The Balaban J connectivity index is 1.73. The zero-order chi connectivity index (χ0) is 21.9. The summed E-state index contributed by atoms with van der Waals surface area (Å²) in [4.78, 5) is 0. The molecule has 0 spiro atoms. The van der Waals surface area contributed by atoms with Crippen molar-refractivity contribution >= 4 is 8.56 Å². The third-order valence-electron chi connectivity index (χ3n) is 7.39. The quantitative estimate of drug-likeness (QED) is 0.485. The minimum atomic E-state index is -2.74. The summed E-state index contributed by atoms with van der Waals surface area (Å²) in [5, 5.41) is 1.34. The van der Waals surface area contributed by atoms with E-state index in [1.807, 2.05) is 0 Å². The minimum absolute atomic E-state index is 0.485. The molecule has 0 saturated heterocycles. The van der Waals surface area contributed by atoms with E-state index in [0.29, 0.717) is 12.1 Å². The van der Waals surface area contributed by atoms with Crippen LogP contribution in [0.15, 0.2) is 83.6 Å². The molecule has 1 aliphatic carbocycles. The highest BCUT2D eigenvalue weighted by Crippen LogP contribution is 2.53. The highest BCUT2D eigenvalue weighted by Gasteiger charge is 2.57. The molecule has 0 radical (unpaired) electrons. The molecule has 2 aromatic rings. The summed E-state index contributed by atoms with van der Waals surface area (Å²) in [6, 6.07) is 21.7. The monoisotopic (exact) mass is 446 g/mol. The predicted octanol–water partition coefficient (Wildman–Crippen LogP) is 6.59. The van der Waals surface area contributed by atoms with Crippen molar-refractivity contribution in [3.05, 3.63) is 94.7 Å². The van der Waals surface area contributed by atoms with E-state index in [1.165, 1.54) is 47.6 Å². The molecule has 2 aromatic carbocycles. The van der Waals surface area contributed by atoms with Crippen LogP contribution in [0.5, 0.6) is 0 Å². The second-order valence-corrected chi connectivity index (χ2v) is 12.4. The van der Waals surface area contributed by atoms with Gasteiger partial charge in [-0.05, 0) is 54.0 Å². The van der Waals surface area contributed by atoms with Gasteiger partial charge in [-0.15, -0.1) is 0 Å². The number of allylic oxidation sites excluding steroid dienone is 1. The number of rotatable bonds is 5. The van der Waals surface area contributed by atoms with Crippen LogP contribution >= 0.6 is 0 Å². The van der Waals surface area contributed by atoms with E-state index in [1.54, 1.807) is 7.11 Å². The van der Waals surface area contributed by atoms with Crippen LogP contribution < -0.4 is 0 Å². The molecular weight excluding hydrogens is 412 g/mol. The first-order valence-corrected chi connectivity index (χ1v) is 14.0. The van der Waals surface area contributed by atoms with Gasteiger partial charge in [0, 0.05) is 19.3 Å². The molecule has 4 heteroatoms. The van der Waals surface area contributed by atoms with Crippen molar-refractivity contribution in [3.8, 4) is 0 Å². The van der Waals surface area contributed by atoms with Crippen LogP contribution in [0.4, 0.5) is 0 Å². The van der Waals surface area contributed by atoms with E-state index < -0.39 is 14.2 Å². The molecule has 32 heavy (non-hydrogen) atoms. The maximum Gasteiger partial charge on any atom is 0.376 e. The van der Waals surface area contributed by atoms with E-state index >= 15 is 0 Å². The standard InChI is InChI=1S/C28H34O3Si/c1-29-22-23-12-10-20-28(24-13-4-2-5-14-24,25-15-6-3-7-16-25)31-32(26-17-8-9-18-26)27(23)19-11-21-30-32/h2-7,12-16,19,26H,8-11,17-18,20-22H2,1H3/b23-12-. The molecule has 3 aliphatic rings. The van der Waals surface area contributed by atoms with Crippen LogP contribution in [-0.4, -0.2) is 28.9 Å². The van der Waals surface area contributed by atoms with Crippen molar-refractivity contribution < 1.29 is 13.6 Å². The van der Waals surface area contributed by atoms with Gasteiger partial charge in [0.2, 0.25) is 0 Å².